The zero-order chi connectivity index (χ0) is 25.8. The van der Waals surface area contributed by atoms with Gasteiger partial charge in [-0.05, 0) is 71.2 Å². The van der Waals surface area contributed by atoms with Crippen LogP contribution in [0.3, 0.4) is 0 Å². The maximum Gasteiger partial charge on any atom is 0.287 e. The fraction of sp³-hybridized carbons (Fsp3) is 0.115. The van der Waals surface area contributed by atoms with E-state index >= 15 is 0 Å². The van der Waals surface area contributed by atoms with Gasteiger partial charge in [0.05, 0.1) is 10.7 Å². The molecular formula is C26H22BrN3O6. The molecule has 0 saturated carbocycles. The molecule has 1 aliphatic heterocycles. The molecule has 0 radical (unpaired) electrons. The number of carbonyl (C=O) groups is 2. The van der Waals surface area contributed by atoms with Crippen molar-refractivity contribution in [3.8, 4) is 23.0 Å². The highest BCUT2D eigenvalue weighted by Gasteiger charge is 2.18. The average molecular weight is 552 g/mol. The molecule has 3 aromatic rings. The predicted molar refractivity (Wildman–Crippen MR) is 137 cm³/mol. The monoisotopic (exact) mass is 551 g/mol. The number of amides is 2. The molecule has 4 N–H and O–H groups in total. The molecule has 0 unspecified atom stereocenters. The second kappa shape index (κ2) is 10.5. The number of nitrogens with zero attached hydrogens (tertiary/aromatic N) is 1. The average Bonchev–Trinajstić information content (AvgIpc) is 3.36. The number of hydrogen-bond acceptors (Lipinski definition) is 7. The fourth-order valence-electron chi connectivity index (χ4n) is 3.44. The van der Waals surface area contributed by atoms with Gasteiger partial charge in [-0.25, -0.2) is 5.43 Å². The third kappa shape index (κ3) is 5.18. The summed E-state index contributed by atoms with van der Waals surface area (Å²) in [6, 6.07) is 13.6. The Labute approximate surface area is 215 Å². The molecule has 0 aliphatic carbocycles. The molecule has 0 atom stereocenters. The van der Waals surface area contributed by atoms with Crippen molar-refractivity contribution in [2.45, 2.75) is 13.8 Å². The van der Waals surface area contributed by atoms with E-state index in [-0.39, 0.29) is 29.6 Å². The van der Waals surface area contributed by atoms with E-state index in [1.165, 1.54) is 12.3 Å². The van der Waals surface area contributed by atoms with E-state index < -0.39 is 11.8 Å². The van der Waals surface area contributed by atoms with Crippen LogP contribution in [0.2, 0.25) is 0 Å². The van der Waals surface area contributed by atoms with Crippen molar-refractivity contribution in [2.75, 3.05) is 6.79 Å². The van der Waals surface area contributed by atoms with Crippen LogP contribution < -0.4 is 20.2 Å². The Morgan fingerprint density at radius 1 is 1.00 bits per heavy atom. The Morgan fingerprint density at radius 3 is 2.47 bits per heavy atom. The van der Waals surface area contributed by atoms with Gasteiger partial charge in [0.1, 0.15) is 17.2 Å². The van der Waals surface area contributed by atoms with Crippen LogP contribution in [0.25, 0.3) is 6.08 Å². The van der Waals surface area contributed by atoms with Crippen molar-refractivity contribution in [1.29, 1.82) is 0 Å². The van der Waals surface area contributed by atoms with Crippen molar-refractivity contribution in [1.82, 2.24) is 10.7 Å². The Kier molecular flexibility index (Phi) is 7.25. The summed E-state index contributed by atoms with van der Waals surface area (Å²) in [5.74, 6) is -0.312. The first-order valence-electron chi connectivity index (χ1n) is 10.8. The maximum atomic E-state index is 13.0. The molecule has 0 saturated heterocycles. The van der Waals surface area contributed by atoms with Crippen LogP contribution in [0, 0.1) is 13.8 Å². The molecule has 9 nitrogen and oxygen atoms in total. The van der Waals surface area contributed by atoms with E-state index in [1.807, 2.05) is 0 Å². The minimum absolute atomic E-state index is 0.0659. The normalized spacial score (nSPS) is 12.6. The highest BCUT2D eigenvalue weighted by Crippen LogP contribution is 2.39. The van der Waals surface area contributed by atoms with Crippen LogP contribution in [0.1, 0.15) is 32.6 Å². The van der Waals surface area contributed by atoms with Gasteiger partial charge in [-0.3, -0.25) is 9.59 Å². The maximum absolute atomic E-state index is 13.0. The lowest BCUT2D eigenvalue weighted by atomic mass is 10.0. The third-order valence-electron chi connectivity index (χ3n) is 5.50. The third-order valence-corrected chi connectivity index (χ3v) is 6.47. The number of nitrogens with one attached hydrogen (secondary N) is 2. The molecular weight excluding hydrogens is 530 g/mol. The van der Waals surface area contributed by atoms with Gasteiger partial charge in [-0.1, -0.05) is 24.3 Å². The Morgan fingerprint density at radius 2 is 1.72 bits per heavy atom. The van der Waals surface area contributed by atoms with Gasteiger partial charge in [-0.2, -0.15) is 5.10 Å². The minimum atomic E-state index is -0.695. The van der Waals surface area contributed by atoms with Gasteiger partial charge >= 0.3 is 0 Å². The first kappa shape index (κ1) is 24.8. The quantitative estimate of drug-likeness (QED) is 0.207. The number of hydrogen-bond donors (Lipinski definition) is 4. The molecule has 2 amide bonds. The summed E-state index contributed by atoms with van der Waals surface area (Å²) in [6.45, 7) is 3.34. The van der Waals surface area contributed by atoms with Gasteiger partial charge < -0.3 is 25.0 Å². The van der Waals surface area contributed by atoms with Gasteiger partial charge in [0.25, 0.3) is 11.8 Å². The molecule has 1 heterocycles. The standard InChI is InChI=1S/C26H22BrN3O6/c1-14-18(23(31)15(2)24(32)22(14)27)12-28-30-26(34)19(29-25(33)17-6-4-3-5-7-17)10-16-8-9-20-21(11-16)36-13-35-20/h3-12,31-32H,13H2,1-2H3,(H,29,33)(H,30,34). The molecule has 0 spiro atoms. The largest absolute Gasteiger partial charge is 0.507 e. The van der Waals surface area contributed by atoms with E-state index in [0.29, 0.717) is 38.2 Å². The van der Waals surface area contributed by atoms with Gasteiger partial charge in [0.2, 0.25) is 6.79 Å². The molecule has 3 aromatic carbocycles. The van der Waals surface area contributed by atoms with E-state index in [4.69, 9.17) is 9.47 Å². The van der Waals surface area contributed by atoms with Crippen LogP contribution in [-0.2, 0) is 4.79 Å². The number of ether oxygens (including phenoxy) is 2. The SMILES string of the molecule is Cc1c(O)c(Br)c(C)c(C=NNC(=O)C(=Cc2ccc3c(c2)OCO3)NC(=O)c2ccccc2)c1O. The molecule has 0 fully saturated rings. The summed E-state index contributed by atoms with van der Waals surface area (Å²) in [5.41, 5.74) is 4.37. The first-order chi connectivity index (χ1) is 17.3. The molecule has 0 bridgehead atoms. The second-order valence-corrected chi connectivity index (χ2v) is 8.66. The van der Waals surface area contributed by atoms with E-state index in [0.717, 1.165) is 0 Å². The molecule has 0 aromatic heterocycles. The zero-order valence-corrected chi connectivity index (χ0v) is 20.9. The smallest absolute Gasteiger partial charge is 0.287 e. The fourth-order valence-corrected chi connectivity index (χ4v) is 3.95. The summed E-state index contributed by atoms with van der Waals surface area (Å²) in [4.78, 5) is 25.8. The lowest BCUT2D eigenvalue weighted by molar-refractivity contribution is -0.117. The molecule has 4 rings (SSSR count). The summed E-state index contributed by atoms with van der Waals surface area (Å²) in [6.07, 6.45) is 2.74. The lowest BCUT2D eigenvalue weighted by Crippen LogP contribution is -2.32. The van der Waals surface area contributed by atoms with Crippen LogP contribution in [-0.4, -0.2) is 35.0 Å². The van der Waals surface area contributed by atoms with Crippen LogP contribution in [0.4, 0.5) is 0 Å². The van der Waals surface area contributed by atoms with Crippen molar-refractivity contribution >= 4 is 40.0 Å². The minimum Gasteiger partial charge on any atom is -0.507 e. The number of rotatable bonds is 6. The van der Waals surface area contributed by atoms with Crippen LogP contribution in [0.5, 0.6) is 23.0 Å². The number of phenolic OH excluding ortho intramolecular Hbond substituents is 2. The molecule has 36 heavy (non-hydrogen) atoms. The Hall–Kier alpha value is -4.31. The molecule has 10 heteroatoms. The predicted octanol–water partition coefficient (Wildman–Crippen LogP) is 4.13. The summed E-state index contributed by atoms with van der Waals surface area (Å²) in [7, 11) is 0. The highest BCUT2D eigenvalue weighted by molar-refractivity contribution is 9.10. The summed E-state index contributed by atoms with van der Waals surface area (Å²) < 4.78 is 11.1. The van der Waals surface area contributed by atoms with E-state index in [2.05, 4.69) is 31.8 Å². The van der Waals surface area contributed by atoms with Crippen molar-refractivity contribution in [3.05, 3.63) is 86.5 Å². The number of aromatic hydroxyl groups is 2. The Balaban J connectivity index is 1.61. The number of fused-ring (bicyclic) bond motifs is 1. The molecule has 184 valence electrons. The zero-order valence-electron chi connectivity index (χ0n) is 19.3. The van der Waals surface area contributed by atoms with E-state index in [9.17, 15) is 19.8 Å². The van der Waals surface area contributed by atoms with Crippen molar-refractivity contribution < 1.29 is 29.3 Å². The van der Waals surface area contributed by atoms with Gasteiger partial charge in [0.15, 0.2) is 11.5 Å². The van der Waals surface area contributed by atoms with Crippen LogP contribution >= 0.6 is 15.9 Å². The second-order valence-electron chi connectivity index (χ2n) is 7.86. The van der Waals surface area contributed by atoms with E-state index in [1.54, 1.807) is 62.4 Å². The van der Waals surface area contributed by atoms with Crippen molar-refractivity contribution in [2.24, 2.45) is 5.10 Å². The van der Waals surface area contributed by atoms with Crippen LogP contribution in [0.15, 0.2) is 63.8 Å². The number of phenols is 2. The lowest BCUT2D eigenvalue weighted by Gasteiger charge is -2.12. The number of hydrazone groups is 1. The topological polar surface area (TPSA) is 129 Å². The number of halogens is 1. The van der Waals surface area contributed by atoms with Crippen molar-refractivity contribution in [3.63, 3.8) is 0 Å². The first-order valence-corrected chi connectivity index (χ1v) is 11.6. The highest BCUT2D eigenvalue weighted by atomic mass is 79.9. The van der Waals surface area contributed by atoms with Gasteiger partial charge in [0, 0.05) is 16.7 Å². The molecule has 1 aliphatic rings. The Bertz CT molecular complexity index is 1370. The summed E-state index contributed by atoms with van der Waals surface area (Å²) >= 11 is 3.28. The number of carbonyl (C=O) groups excluding carboxylic acids is 2. The number of benzene rings is 3. The van der Waals surface area contributed by atoms with Gasteiger partial charge in [-0.15, -0.1) is 0 Å². The summed E-state index contributed by atoms with van der Waals surface area (Å²) in [5, 5.41) is 27.0.